The van der Waals surface area contributed by atoms with E-state index in [2.05, 4.69) is 15.6 Å². The first-order chi connectivity index (χ1) is 11.0. The predicted octanol–water partition coefficient (Wildman–Crippen LogP) is 1.98. The van der Waals surface area contributed by atoms with Gasteiger partial charge in [-0.2, -0.15) is 0 Å². The molecule has 0 bridgehead atoms. The second kappa shape index (κ2) is 9.66. The molecule has 0 radical (unpaired) electrons. The van der Waals surface area contributed by atoms with E-state index < -0.39 is 6.09 Å². The summed E-state index contributed by atoms with van der Waals surface area (Å²) in [5.41, 5.74) is 0.356. The van der Waals surface area contributed by atoms with Gasteiger partial charge in [-0.05, 0) is 31.4 Å². The lowest BCUT2D eigenvalue weighted by molar-refractivity contribution is 0.0940. The van der Waals surface area contributed by atoms with Crippen LogP contribution in [0.3, 0.4) is 0 Å². The SMILES string of the molecule is CCOC(=O)NC(CNC(=O)c1cccnc1OC)CC(C)C. The lowest BCUT2D eigenvalue weighted by Gasteiger charge is -2.21. The summed E-state index contributed by atoms with van der Waals surface area (Å²) in [7, 11) is 1.46. The van der Waals surface area contributed by atoms with Crippen LogP contribution in [-0.2, 0) is 4.74 Å². The van der Waals surface area contributed by atoms with Crippen molar-refractivity contribution in [3.63, 3.8) is 0 Å². The van der Waals surface area contributed by atoms with E-state index in [9.17, 15) is 9.59 Å². The number of hydrogen-bond donors (Lipinski definition) is 2. The molecule has 0 saturated carbocycles. The minimum absolute atomic E-state index is 0.208. The Labute approximate surface area is 136 Å². The largest absolute Gasteiger partial charge is 0.480 e. The third-order valence-electron chi connectivity index (χ3n) is 3.07. The maximum Gasteiger partial charge on any atom is 0.407 e. The minimum Gasteiger partial charge on any atom is -0.480 e. The molecule has 7 nitrogen and oxygen atoms in total. The highest BCUT2D eigenvalue weighted by molar-refractivity contribution is 5.96. The van der Waals surface area contributed by atoms with Crippen molar-refractivity contribution in [3.8, 4) is 5.88 Å². The van der Waals surface area contributed by atoms with Crippen molar-refractivity contribution < 1.29 is 19.1 Å². The first-order valence-electron chi connectivity index (χ1n) is 7.68. The number of alkyl carbamates (subject to hydrolysis) is 1. The van der Waals surface area contributed by atoms with Crippen LogP contribution >= 0.6 is 0 Å². The molecule has 128 valence electrons. The third-order valence-corrected chi connectivity index (χ3v) is 3.07. The smallest absolute Gasteiger partial charge is 0.407 e. The molecule has 0 spiro atoms. The molecule has 0 aliphatic heterocycles. The number of nitrogens with one attached hydrogen (secondary N) is 2. The molecule has 7 heteroatoms. The monoisotopic (exact) mass is 323 g/mol. The zero-order chi connectivity index (χ0) is 17.2. The fourth-order valence-electron chi connectivity index (χ4n) is 2.14. The highest BCUT2D eigenvalue weighted by atomic mass is 16.5. The summed E-state index contributed by atoms with van der Waals surface area (Å²) in [5, 5.41) is 5.56. The molecule has 23 heavy (non-hydrogen) atoms. The minimum atomic E-state index is -0.480. The Balaban J connectivity index is 2.65. The molecule has 1 aromatic heterocycles. The van der Waals surface area contributed by atoms with Crippen LogP contribution in [0.5, 0.6) is 5.88 Å². The van der Waals surface area contributed by atoms with Gasteiger partial charge in [0.25, 0.3) is 5.91 Å². The summed E-state index contributed by atoms with van der Waals surface area (Å²) >= 11 is 0. The first kappa shape index (κ1) is 18.7. The van der Waals surface area contributed by atoms with Gasteiger partial charge < -0.3 is 20.1 Å². The molecule has 1 aromatic rings. The Bertz CT molecular complexity index is 520. The molecule has 0 aliphatic carbocycles. The summed E-state index contributed by atoms with van der Waals surface area (Å²) in [6.45, 7) is 6.44. The van der Waals surface area contributed by atoms with Crippen molar-refractivity contribution >= 4 is 12.0 Å². The van der Waals surface area contributed by atoms with Gasteiger partial charge in [0, 0.05) is 18.8 Å². The number of methoxy groups -OCH3 is 1. The maximum absolute atomic E-state index is 12.3. The summed E-state index contributed by atoms with van der Waals surface area (Å²) in [6.07, 6.45) is 1.80. The third kappa shape index (κ3) is 6.54. The Kier molecular flexibility index (Phi) is 7.87. The van der Waals surface area contributed by atoms with Crippen LogP contribution in [0, 0.1) is 5.92 Å². The fraction of sp³-hybridized carbons (Fsp3) is 0.562. The molecule has 2 N–H and O–H groups in total. The highest BCUT2D eigenvalue weighted by Gasteiger charge is 2.18. The van der Waals surface area contributed by atoms with Crippen LogP contribution in [0.4, 0.5) is 4.79 Å². The van der Waals surface area contributed by atoms with Crippen LogP contribution in [-0.4, -0.2) is 43.3 Å². The number of hydrogen-bond acceptors (Lipinski definition) is 5. The molecule has 0 aromatic carbocycles. The van der Waals surface area contributed by atoms with Gasteiger partial charge in [-0.1, -0.05) is 13.8 Å². The van der Waals surface area contributed by atoms with E-state index in [1.165, 1.54) is 7.11 Å². The van der Waals surface area contributed by atoms with E-state index >= 15 is 0 Å². The fourth-order valence-corrected chi connectivity index (χ4v) is 2.14. The number of rotatable bonds is 8. The zero-order valence-electron chi connectivity index (χ0n) is 14.1. The average molecular weight is 323 g/mol. The number of ether oxygens (including phenoxy) is 2. The van der Waals surface area contributed by atoms with E-state index in [1.54, 1.807) is 25.3 Å². The van der Waals surface area contributed by atoms with Crippen molar-refractivity contribution in [2.24, 2.45) is 5.92 Å². The topological polar surface area (TPSA) is 89.6 Å². The number of carbonyl (C=O) groups excluding carboxylic acids is 2. The van der Waals surface area contributed by atoms with Gasteiger partial charge in [-0.3, -0.25) is 4.79 Å². The van der Waals surface area contributed by atoms with E-state index in [0.717, 1.165) is 6.42 Å². The van der Waals surface area contributed by atoms with Gasteiger partial charge in [0.1, 0.15) is 5.56 Å². The van der Waals surface area contributed by atoms with Crippen molar-refractivity contribution in [1.82, 2.24) is 15.6 Å². The number of aromatic nitrogens is 1. The van der Waals surface area contributed by atoms with Gasteiger partial charge in [0.2, 0.25) is 5.88 Å². The van der Waals surface area contributed by atoms with E-state index in [0.29, 0.717) is 24.6 Å². The van der Waals surface area contributed by atoms with Gasteiger partial charge >= 0.3 is 6.09 Å². The zero-order valence-corrected chi connectivity index (χ0v) is 14.1. The molecular formula is C16H25N3O4. The van der Waals surface area contributed by atoms with Crippen molar-refractivity contribution in [3.05, 3.63) is 23.9 Å². The normalized spacial score (nSPS) is 11.7. The van der Waals surface area contributed by atoms with Crippen LogP contribution < -0.4 is 15.4 Å². The number of amides is 2. The van der Waals surface area contributed by atoms with E-state index in [4.69, 9.17) is 9.47 Å². The molecule has 0 aliphatic rings. The first-order valence-corrected chi connectivity index (χ1v) is 7.68. The second-order valence-electron chi connectivity index (χ2n) is 5.46. The Morgan fingerprint density at radius 3 is 2.70 bits per heavy atom. The van der Waals surface area contributed by atoms with Gasteiger partial charge in [0.05, 0.1) is 13.7 Å². The Hall–Kier alpha value is -2.31. The van der Waals surface area contributed by atoms with E-state index in [-0.39, 0.29) is 17.8 Å². The second-order valence-corrected chi connectivity index (χ2v) is 5.46. The molecule has 1 rings (SSSR count). The van der Waals surface area contributed by atoms with E-state index in [1.807, 2.05) is 13.8 Å². The van der Waals surface area contributed by atoms with Crippen molar-refractivity contribution in [2.75, 3.05) is 20.3 Å². The lowest BCUT2D eigenvalue weighted by atomic mass is 10.0. The molecule has 2 amide bonds. The van der Waals surface area contributed by atoms with Gasteiger partial charge in [0.15, 0.2) is 0 Å². The Morgan fingerprint density at radius 1 is 1.35 bits per heavy atom. The van der Waals surface area contributed by atoms with Crippen LogP contribution in [0.1, 0.15) is 37.6 Å². The molecule has 1 atom stereocenters. The van der Waals surface area contributed by atoms with Crippen molar-refractivity contribution in [1.29, 1.82) is 0 Å². The molecule has 1 unspecified atom stereocenters. The summed E-state index contributed by atoms with van der Waals surface area (Å²) < 4.78 is 9.96. The number of pyridine rings is 1. The number of nitrogens with zero attached hydrogens (tertiary/aromatic N) is 1. The Morgan fingerprint density at radius 2 is 2.09 bits per heavy atom. The molecule has 0 fully saturated rings. The summed E-state index contributed by atoms with van der Waals surface area (Å²) in [5.74, 6) is 0.338. The predicted molar refractivity (Wildman–Crippen MR) is 86.5 cm³/mol. The number of carbonyl (C=O) groups is 2. The van der Waals surface area contributed by atoms with Crippen molar-refractivity contribution in [2.45, 2.75) is 33.2 Å². The summed E-state index contributed by atoms with van der Waals surface area (Å²) in [4.78, 5) is 27.8. The quantitative estimate of drug-likeness (QED) is 0.763. The van der Waals surface area contributed by atoms with Crippen LogP contribution in [0.2, 0.25) is 0 Å². The average Bonchev–Trinajstić information content (AvgIpc) is 2.51. The van der Waals surface area contributed by atoms with Gasteiger partial charge in [-0.25, -0.2) is 9.78 Å². The standard InChI is InChI=1S/C16H25N3O4/c1-5-23-16(21)19-12(9-11(2)3)10-18-14(20)13-7-6-8-17-15(13)22-4/h6-8,11-12H,5,9-10H2,1-4H3,(H,18,20)(H,19,21). The highest BCUT2D eigenvalue weighted by Crippen LogP contribution is 2.13. The van der Waals surface area contributed by atoms with Crippen LogP contribution in [0.15, 0.2) is 18.3 Å². The van der Waals surface area contributed by atoms with Gasteiger partial charge in [-0.15, -0.1) is 0 Å². The molecular weight excluding hydrogens is 298 g/mol. The summed E-state index contributed by atoms with van der Waals surface area (Å²) in [6, 6.07) is 3.10. The molecule has 1 heterocycles. The lowest BCUT2D eigenvalue weighted by Crippen LogP contribution is -2.44. The van der Waals surface area contributed by atoms with Crippen LogP contribution in [0.25, 0.3) is 0 Å². The maximum atomic E-state index is 12.3. The molecule has 0 saturated heterocycles.